The van der Waals surface area contributed by atoms with Gasteiger partial charge in [-0.15, -0.1) is 11.3 Å². The standard InChI is InChI=1S/C21H26N4O3S/c1-2-15-3-5-16(6-4-15)21(28)25-12-10-24(11-13-25)9-7-18(26)23-20-17(19(22)27)8-14-29-20/h3-6,8,14H,2,7,9-13H2,1H3,(H2,22,27)(H,23,26). The molecule has 1 aliphatic rings. The Bertz CT molecular complexity index is 870. The van der Waals surface area contributed by atoms with Crippen molar-refractivity contribution in [1.29, 1.82) is 0 Å². The summed E-state index contributed by atoms with van der Waals surface area (Å²) in [5, 5.41) is 4.97. The van der Waals surface area contributed by atoms with Gasteiger partial charge in [0.25, 0.3) is 11.8 Å². The minimum atomic E-state index is -0.549. The van der Waals surface area contributed by atoms with E-state index in [0.29, 0.717) is 36.6 Å². The van der Waals surface area contributed by atoms with Crippen LogP contribution in [0.5, 0.6) is 0 Å². The number of carbonyl (C=O) groups is 3. The third kappa shape index (κ3) is 5.42. The largest absolute Gasteiger partial charge is 0.366 e. The molecule has 7 nitrogen and oxygen atoms in total. The molecule has 0 unspecified atom stereocenters. The van der Waals surface area contributed by atoms with Gasteiger partial charge in [0.05, 0.1) is 5.56 Å². The van der Waals surface area contributed by atoms with Gasteiger partial charge in [-0.1, -0.05) is 19.1 Å². The molecule has 0 spiro atoms. The van der Waals surface area contributed by atoms with Crippen molar-refractivity contribution in [3.63, 3.8) is 0 Å². The second-order valence-electron chi connectivity index (χ2n) is 7.01. The summed E-state index contributed by atoms with van der Waals surface area (Å²) < 4.78 is 0. The topological polar surface area (TPSA) is 95.7 Å². The summed E-state index contributed by atoms with van der Waals surface area (Å²) in [7, 11) is 0. The first kappa shape index (κ1) is 21.0. The van der Waals surface area contributed by atoms with Gasteiger partial charge in [-0.2, -0.15) is 0 Å². The van der Waals surface area contributed by atoms with Gasteiger partial charge in [-0.3, -0.25) is 19.3 Å². The molecule has 1 aromatic carbocycles. The number of aryl methyl sites for hydroxylation is 1. The predicted molar refractivity (Wildman–Crippen MR) is 114 cm³/mol. The number of benzene rings is 1. The lowest BCUT2D eigenvalue weighted by Gasteiger charge is -2.34. The summed E-state index contributed by atoms with van der Waals surface area (Å²) in [4.78, 5) is 40.2. The van der Waals surface area contributed by atoms with Crippen LogP contribution in [-0.4, -0.2) is 60.2 Å². The molecule has 8 heteroatoms. The zero-order chi connectivity index (χ0) is 20.8. The third-order valence-corrected chi connectivity index (χ3v) is 5.94. The molecule has 0 radical (unpaired) electrons. The maximum atomic E-state index is 12.6. The zero-order valence-corrected chi connectivity index (χ0v) is 17.3. The van der Waals surface area contributed by atoms with E-state index >= 15 is 0 Å². The van der Waals surface area contributed by atoms with Crippen LogP contribution >= 0.6 is 11.3 Å². The molecular weight excluding hydrogens is 388 g/mol. The third-order valence-electron chi connectivity index (χ3n) is 5.11. The second kappa shape index (κ2) is 9.67. The van der Waals surface area contributed by atoms with E-state index in [1.807, 2.05) is 29.2 Å². The van der Waals surface area contributed by atoms with Crippen LogP contribution in [0.2, 0.25) is 0 Å². The zero-order valence-electron chi connectivity index (χ0n) is 16.5. The molecule has 3 N–H and O–H groups in total. The minimum Gasteiger partial charge on any atom is -0.366 e. The van der Waals surface area contributed by atoms with Crippen molar-refractivity contribution in [2.75, 3.05) is 38.0 Å². The van der Waals surface area contributed by atoms with E-state index in [-0.39, 0.29) is 11.8 Å². The fraction of sp³-hybridized carbons (Fsp3) is 0.381. The summed E-state index contributed by atoms with van der Waals surface area (Å²) in [5.41, 5.74) is 7.57. The number of rotatable bonds is 7. The first-order valence-corrected chi connectivity index (χ1v) is 10.6. The first-order valence-electron chi connectivity index (χ1n) is 9.75. The van der Waals surface area contributed by atoms with Crippen molar-refractivity contribution in [3.05, 3.63) is 52.4 Å². The SMILES string of the molecule is CCc1ccc(C(=O)N2CCN(CCC(=O)Nc3sccc3C(N)=O)CC2)cc1. The van der Waals surface area contributed by atoms with Gasteiger partial charge in [0, 0.05) is 44.7 Å². The van der Waals surface area contributed by atoms with E-state index in [1.165, 1.54) is 16.9 Å². The fourth-order valence-corrected chi connectivity index (χ4v) is 4.10. The molecule has 2 aromatic rings. The van der Waals surface area contributed by atoms with E-state index in [4.69, 9.17) is 5.73 Å². The average Bonchev–Trinajstić information content (AvgIpc) is 3.20. The van der Waals surface area contributed by atoms with Crippen molar-refractivity contribution in [2.45, 2.75) is 19.8 Å². The van der Waals surface area contributed by atoms with Gasteiger partial charge >= 0.3 is 0 Å². The molecule has 154 valence electrons. The average molecular weight is 415 g/mol. The fourth-order valence-electron chi connectivity index (χ4n) is 3.29. The van der Waals surface area contributed by atoms with E-state index < -0.39 is 5.91 Å². The van der Waals surface area contributed by atoms with Gasteiger partial charge in [-0.25, -0.2) is 0 Å². The smallest absolute Gasteiger partial charge is 0.253 e. The molecular formula is C21H26N4O3S. The van der Waals surface area contributed by atoms with Crippen LogP contribution in [0, 0.1) is 0 Å². The normalized spacial score (nSPS) is 14.6. The van der Waals surface area contributed by atoms with Gasteiger partial charge in [0.2, 0.25) is 5.91 Å². The summed E-state index contributed by atoms with van der Waals surface area (Å²) >= 11 is 1.28. The number of nitrogens with zero attached hydrogens (tertiary/aromatic N) is 2. The van der Waals surface area contributed by atoms with Gasteiger partial charge in [0.15, 0.2) is 0 Å². The van der Waals surface area contributed by atoms with Crippen LogP contribution in [-0.2, 0) is 11.2 Å². The second-order valence-corrected chi connectivity index (χ2v) is 7.93. The molecule has 29 heavy (non-hydrogen) atoms. The Morgan fingerprint density at radius 3 is 2.38 bits per heavy atom. The Labute approximate surface area is 174 Å². The van der Waals surface area contributed by atoms with Crippen LogP contribution in [0.15, 0.2) is 35.7 Å². The van der Waals surface area contributed by atoms with Crippen molar-refractivity contribution in [3.8, 4) is 0 Å². The van der Waals surface area contributed by atoms with Crippen molar-refractivity contribution < 1.29 is 14.4 Å². The minimum absolute atomic E-state index is 0.0572. The number of anilines is 1. The predicted octanol–water partition coefficient (Wildman–Crippen LogP) is 2.20. The molecule has 1 aliphatic heterocycles. The van der Waals surface area contributed by atoms with Crippen LogP contribution in [0.25, 0.3) is 0 Å². The maximum Gasteiger partial charge on any atom is 0.253 e. The maximum absolute atomic E-state index is 12.6. The van der Waals surface area contributed by atoms with E-state index in [9.17, 15) is 14.4 Å². The summed E-state index contributed by atoms with van der Waals surface area (Å²) in [5.74, 6) is -0.641. The molecule has 2 heterocycles. The number of nitrogens with two attached hydrogens (primary N) is 1. The lowest BCUT2D eigenvalue weighted by atomic mass is 10.1. The molecule has 3 rings (SSSR count). The summed E-state index contributed by atoms with van der Waals surface area (Å²) in [6.45, 7) is 5.46. The van der Waals surface area contributed by atoms with Crippen molar-refractivity contribution in [2.24, 2.45) is 5.73 Å². The number of amides is 3. The Kier molecular flexibility index (Phi) is 7.00. The highest BCUT2D eigenvalue weighted by Gasteiger charge is 2.22. The first-order chi connectivity index (χ1) is 14.0. The van der Waals surface area contributed by atoms with Gasteiger partial charge < -0.3 is 16.0 Å². The molecule has 0 bridgehead atoms. The monoisotopic (exact) mass is 414 g/mol. The molecule has 1 fully saturated rings. The Morgan fingerprint density at radius 2 is 1.76 bits per heavy atom. The van der Waals surface area contributed by atoms with Gasteiger partial charge in [-0.05, 0) is 35.6 Å². The highest BCUT2D eigenvalue weighted by atomic mass is 32.1. The molecule has 0 saturated carbocycles. The molecule has 1 saturated heterocycles. The highest BCUT2D eigenvalue weighted by molar-refractivity contribution is 7.14. The number of hydrogen-bond acceptors (Lipinski definition) is 5. The lowest BCUT2D eigenvalue weighted by molar-refractivity contribution is -0.116. The number of nitrogens with one attached hydrogen (secondary N) is 1. The quantitative estimate of drug-likeness (QED) is 0.726. The molecule has 0 aliphatic carbocycles. The Balaban J connectivity index is 1.43. The number of piperazine rings is 1. The van der Waals surface area contributed by atoms with E-state index in [1.54, 1.807) is 11.4 Å². The van der Waals surface area contributed by atoms with Crippen LogP contribution < -0.4 is 11.1 Å². The number of hydrogen-bond donors (Lipinski definition) is 2. The van der Waals surface area contributed by atoms with Crippen molar-refractivity contribution in [1.82, 2.24) is 9.80 Å². The van der Waals surface area contributed by atoms with Crippen molar-refractivity contribution >= 4 is 34.1 Å². The van der Waals surface area contributed by atoms with E-state index in [2.05, 4.69) is 17.1 Å². The molecule has 3 amide bonds. The number of primary amides is 1. The Hall–Kier alpha value is -2.71. The van der Waals surface area contributed by atoms with Gasteiger partial charge in [0.1, 0.15) is 5.00 Å². The summed E-state index contributed by atoms with van der Waals surface area (Å²) in [6, 6.07) is 9.39. The van der Waals surface area contributed by atoms with Crippen LogP contribution in [0.3, 0.4) is 0 Å². The van der Waals surface area contributed by atoms with Crippen LogP contribution in [0.1, 0.15) is 39.6 Å². The van der Waals surface area contributed by atoms with Crippen LogP contribution in [0.4, 0.5) is 5.00 Å². The lowest BCUT2D eigenvalue weighted by Crippen LogP contribution is -2.49. The number of thiophene rings is 1. The summed E-state index contributed by atoms with van der Waals surface area (Å²) in [6.07, 6.45) is 1.28. The molecule has 0 atom stereocenters. The van der Waals surface area contributed by atoms with E-state index in [0.717, 1.165) is 25.1 Å². The number of carbonyl (C=O) groups excluding carboxylic acids is 3. The molecule has 1 aromatic heterocycles. The highest BCUT2D eigenvalue weighted by Crippen LogP contribution is 2.22. The Morgan fingerprint density at radius 1 is 1.07 bits per heavy atom.